The third kappa shape index (κ3) is 3.91. The molecule has 0 fully saturated rings. The summed E-state index contributed by atoms with van der Waals surface area (Å²) in [7, 11) is 0. The van der Waals surface area contributed by atoms with Crippen LogP contribution in [0.2, 0.25) is 0 Å². The van der Waals surface area contributed by atoms with Gasteiger partial charge >= 0.3 is 5.97 Å². The van der Waals surface area contributed by atoms with Gasteiger partial charge in [0.25, 0.3) is 12.9 Å². The minimum atomic E-state index is -3.40. The van der Waals surface area contributed by atoms with E-state index in [0.717, 1.165) is 0 Å². The number of esters is 1. The maximum atomic E-state index is 11.8. The zero-order valence-corrected chi connectivity index (χ0v) is 6.77. The molecule has 0 spiro atoms. The molecule has 0 aliphatic rings. The fourth-order valence-corrected chi connectivity index (χ4v) is 0.437. The third-order valence-corrected chi connectivity index (χ3v) is 1.09. The van der Waals surface area contributed by atoms with Crippen LogP contribution in [0.15, 0.2) is 12.2 Å². The fourth-order valence-electron chi connectivity index (χ4n) is 0.437. The van der Waals surface area contributed by atoms with Gasteiger partial charge in [-0.1, -0.05) is 6.58 Å². The summed E-state index contributed by atoms with van der Waals surface area (Å²) in [4.78, 5) is 10.6. The lowest BCUT2D eigenvalue weighted by Gasteiger charge is -2.15. The highest BCUT2D eigenvalue weighted by Crippen LogP contribution is 2.15. The molecule has 0 aromatic rings. The molecule has 0 atom stereocenters. The van der Waals surface area contributed by atoms with E-state index in [-0.39, 0.29) is 5.57 Å². The number of halogens is 4. The highest BCUT2D eigenvalue weighted by molar-refractivity contribution is 5.87. The van der Waals surface area contributed by atoms with Gasteiger partial charge < -0.3 is 4.74 Å². The number of ether oxygens (including phenoxy) is 1. The van der Waals surface area contributed by atoms with Crippen molar-refractivity contribution < 1.29 is 27.1 Å². The van der Waals surface area contributed by atoms with Crippen molar-refractivity contribution in [2.75, 3.05) is 0 Å². The first-order valence-corrected chi connectivity index (χ1v) is 3.29. The molecule has 0 radical (unpaired) electrons. The van der Waals surface area contributed by atoms with Gasteiger partial charge in [-0.15, -0.1) is 0 Å². The van der Waals surface area contributed by atoms with Gasteiger partial charge in [-0.05, 0) is 6.92 Å². The second-order valence-electron chi connectivity index (χ2n) is 2.32. The molecule has 6 heteroatoms. The quantitative estimate of drug-likeness (QED) is 0.394. The molecule has 0 aliphatic heterocycles. The van der Waals surface area contributed by atoms with Crippen LogP contribution in [0.4, 0.5) is 17.6 Å². The van der Waals surface area contributed by atoms with Crippen molar-refractivity contribution >= 4 is 5.97 Å². The van der Waals surface area contributed by atoms with Crippen LogP contribution in [0.25, 0.3) is 0 Å². The minimum Gasteiger partial charge on any atom is -0.447 e. The Kier molecular flexibility index (Phi) is 4.44. The van der Waals surface area contributed by atoms with Crippen LogP contribution >= 0.6 is 0 Å². The first-order chi connectivity index (χ1) is 5.86. The predicted octanol–water partition coefficient (Wildman–Crippen LogP) is 2.00. The van der Waals surface area contributed by atoms with Crippen LogP contribution < -0.4 is 0 Å². The average Bonchev–Trinajstić information content (AvgIpc) is 1.97. The molecule has 0 heterocycles. The SMILES string of the molecule is C=C(C)C(=O)OC(C(F)F)C(F)F. The number of hydrogen-bond acceptors (Lipinski definition) is 2. The Morgan fingerprint density at radius 3 is 1.85 bits per heavy atom. The second-order valence-corrected chi connectivity index (χ2v) is 2.32. The van der Waals surface area contributed by atoms with Gasteiger partial charge in [-0.3, -0.25) is 0 Å². The Balaban J connectivity index is 4.27. The Morgan fingerprint density at radius 2 is 1.62 bits per heavy atom. The van der Waals surface area contributed by atoms with Crippen molar-refractivity contribution in [2.45, 2.75) is 25.9 Å². The minimum absolute atomic E-state index is 0.202. The summed E-state index contributed by atoms with van der Waals surface area (Å²) in [5.41, 5.74) is -0.202. The van der Waals surface area contributed by atoms with Crippen molar-refractivity contribution in [1.29, 1.82) is 0 Å². The van der Waals surface area contributed by atoms with E-state index in [4.69, 9.17) is 0 Å². The van der Waals surface area contributed by atoms with Gasteiger partial charge in [0.05, 0.1) is 0 Å². The van der Waals surface area contributed by atoms with E-state index in [2.05, 4.69) is 11.3 Å². The van der Waals surface area contributed by atoms with E-state index in [1.54, 1.807) is 0 Å². The van der Waals surface area contributed by atoms with Gasteiger partial charge in [0, 0.05) is 5.57 Å². The molecule has 2 nitrogen and oxygen atoms in total. The summed E-state index contributed by atoms with van der Waals surface area (Å²) in [5.74, 6) is -1.24. The van der Waals surface area contributed by atoms with Crippen LogP contribution in [0, 0.1) is 0 Å². The first-order valence-electron chi connectivity index (χ1n) is 3.29. The van der Waals surface area contributed by atoms with Crippen molar-refractivity contribution in [3.8, 4) is 0 Å². The molecule has 13 heavy (non-hydrogen) atoms. The molecule has 0 aromatic carbocycles. The van der Waals surface area contributed by atoms with Crippen molar-refractivity contribution in [1.82, 2.24) is 0 Å². The summed E-state index contributed by atoms with van der Waals surface area (Å²) < 4.78 is 50.9. The number of hydrogen-bond donors (Lipinski definition) is 0. The molecule has 0 saturated carbocycles. The molecule has 0 amide bonds. The van der Waals surface area contributed by atoms with Gasteiger partial charge in [0.2, 0.25) is 6.10 Å². The summed E-state index contributed by atoms with van der Waals surface area (Å²) in [6, 6.07) is 0. The van der Waals surface area contributed by atoms with Crippen LogP contribution in [0.1, 0.15) is 6.92 Å². The predicted molar refractivity (Wildman–Crippen MR) is 36.7 cm³/mol. The van der Waals surface area contributed by atoms with Crippen LogP contribution in [0.3, 0.4) is 0 Å². The van der Waals surface area contributed by atoms with E-state index in [1.807, 2.05) is 0 Å². The van der Waals surface area contributed by atoms with Crippen molar-refractivity contribution in [2.24, 2.45) is 0 Å². The molecule has 76 valence electrons. The monoisotopic (exact) mass is 200 g/mol. The average molecular weight is 200 g/mol. The molecule has 0 bridgehead atoms. The van der Waals surface area contributed by atoms with E-state index < -0.39 is 24.9 Å². The highest BCUT2D eigenvalue weighted by atomic mass is 19.3. The number of alkyl halides is 4. The Hall–Kier alpha value is -1.07. The molecular weight excluding hydrogens is 192 g/mol. The molecule has 0 N–H and O–H groups in total. The third-order valence-electron chi connectivity index (χ3n) is 1.09. The number of rotatable bonds is 4. The largest absolute Gasteiger partial charge is 0.447 e. The summed E-state index contributed by atoms with van der Waals surface area (Å²) in [5, 5.41) is 0. The van der Waals surface area contributed by atoms with Crippen molar-refractivity contribution in [3.63, 3.8) is 0 Å². The Labute approximate surface area is 72.2 Å². The molecule has 0 rings (SSSR count). The normalized spacial score (nSPS) is 11.1. The van der Waals surface area contributed by atoms with Gasteiger partial charge in [0.15, 0.2) is 0 Å². The Morgan fingerprint density at radius 1 is 1.23 bits per heavy atom. The van der Waals surface area contributed by atoms with E-state index >= 15 is 0 Å². The van der Waals surface area contributed by atoms with Crippen molar-refractivity contribution in [3.05, 3.63) is 12.2 Å². The smallest absolute Gasteiger partial charge is 0.333 e. The number of carbonyl (C=O) groups is 1. The molecule has 0 aromatic heterocycles. The lowest BCUT2D eigenvalue weighted by atomic mass is 10.3. The summed E-state index contributed by atoms with van der Waals surface area (Å²) in [6.07, 6.45) is -9.48. The van der Waals surface area contributed by atoms with Crippen LogP contribution in [-0.2, 0) is 9.53 Å². The fraction of sp³-hybridized carbons (Fsp3) is 0.571. The maximum absolute atomic E-state index is 11.8. The highest BCUT2D eigenvalue weighted by Gasteiger charge is 2.33. The zero-order chi connectivity index (χ0) is 10.6. The van der Waals surface area contributed by atoms with Gasteiger partial charge in [0.1, 0.15) is 0 Å². The van der Waals surface area contributed by atoms with E-state index in [0.29, 0.717) is 0 Å². The van der Waals surface area contributed by atoms with E-state index in [1.165, 1.54) is 6.92 Å². The molecule has 0 aliphatic carbocycles. The summed E-state index contributed by atoms with van der Waals surface area (Å²) in [6.45, 7) is 4.24. The lowest BCUT2D eigenvalue weighted by Crippen LogP contribution is -2.32. The maximum Gasteiger partial charge on any atom is 0.333 e. The topological polar surface area (TPSA) is 26.3 Å². The number of carbonyl (C=O) groups excluding carboxylic acids is 1. The summed E-state index contributed by atoms with van der Waals surface area (Å²) >= 11 is 0. The lowest BCUT2D eigenvalue weighted by molar-refractivity contribution is -0.167. The molecule has 0 saturated heterocycles. The van der Waals surface area contributed by atoms with Crippen LogP contribution in [-0.4, -0.2) is 24.9 Å². The molecular formula is C7H8F4O2. The zero-order valence-electron chi connectivity index (χ0n) is 6.77. The molecule has 0 unspecified atom stereocenters. The first kappa shape index (κ1) is 11.9. The second kappa shape index (κ2) is 4.84. The van der Waals surface area contributed by atoms with Crippen LogP contribution in [0.5, 0.6) is 0 Å². The van der Waals surface area contributed by atoms with Gasteiger partial charge in [-0.25, -0.2) is 22.4 Å². The van der Waals surface area contributed by atoms with E-state index in [9.17, 15) is 22.4 Å². The Bertz CT molecular complexity index is 195. The van der Waals surface area contributed by atoms with Gasteiger partial charge in [-0.2, -0.15) is 0 Å². The standard InChI is InChI=1S/C7H8F4O2/c1-3(2)7(12)13-4(5(8)9)6(10)11/h4-6H,1H2,2H3.